The van der Waals surface area contributed by atoms with Crippen molar-refractivity contribution in [2.24, 2.45) is 0 Å². The number of aromatic nitrogens is 1. The highest BCUT2D eigenvalue weighted by atomic mass is 35.5. The van der Waals surface area contributed by atoms with E-state index in [2.05, 4.69) is 10.5 Å². The van der Waals surface area contributed by atoms with Gasteiger partial charge in [0.1, 0.15) is 5.76 Å². The minimum atomic E-state index is -0.136. The number of halogens is 1. The first-order valence-electron chi connectivity index (χ1n) is 7.38. The van der Waals surface area contributed by atoms with Gasteiger partial charge < -0.3 is 9.42 Å². The number of carbonyl (C=O) groups is 1. The molecular formula is C16H18ClN3O2. The maximum absolute atomic E-state index is 12.4. The number of anilines is 1. The third kappa shape index (κ3) is 3.25. The Balaban J connectivity index is 1.67. The molecule has 1 atom stereocenters. The SMILES string of the molecule is Cc1cc(NC(=O)N2CCC[C@@H]2Cc2ccccc2Cl)no1. The van der Waals surface area contributed by atoms with Crippen molar-refractivity contribution in [3.63, 3.8) is 0 Å². The Labute approximate surface area is 134 Å². The van der Waals surface area contributed by atoms with Crippen LogP contribution < -0.4 is 5.32 Å². The Kier molecular flexibility index (Phi) is 4.34. The molecule has 1 aliphatic heterocycles. The van der Waals surface area contributed by atoms with Gasteiger partial charge >= 0.3 is 6.03 Å². The number of amides is 2. The normalized spacial score (nSPS) is 17.7. The van der Waals surface area contributed by atoms with E-state index in [4.69, 9.17) is 16.1 Å². The topological polar surface area (TPSA) is 58.4 Å². The highest BCUT2D eigenvalue weighted by molar-refractivity contribution is 6.31. The number of hydrogen-bond donors (Lipinski definition) is 1. The van der Waals surface area contributed by atoms with E-state index in [0.717, 1.165) is 36.4 Å². The van der Waals surface area contributed by atoms with Crippen molar-refractivity contribution in [3.8, 4) is 0 Å². The fourth-order valence-corrected chi connectivity index (χ4v) is 3.05. The zero-order valence-electron chi connectivity index (χ0n) is 12.4. The zero-order chi connectivity index (χ0) is 15.5. The molecule has 2 heterocycles. The number of nitrogens with zero attached hydrogens (tertiary/aromatic N) is 2. The van der Waals surface area contributed by atoms with Crippen LogP contribution in [0.15, 0.2) is 34.9 Å². The van der Waals surface area contributed by atoms with Gasteiger partial charge in [-0.25, -0.2) is 4.79 Å². The molecule has 1 aromatic heterocycles. The molecule has 116 valence electrons. The lowest BCUT2D eigenvalue weighted by Crippen LogP contribution is -2.39. The lowest BCUT2D eigenvalue weighted by molar-refractivity contribution is 0.206. The Morgan fingerprint density at radius 1 is 1.50 bits per heavy atom. The number of rotatable bonds is 3. The molecule has 1 aliphatic rings. The quantitative estimate of drug-likeness (QED) is 0.934. The van der Waals surface area contributed by atoms with Crippen molar-refractivity contribution in [1.29, 1.82) is 0 Å². The molecular weight excluding hydrogens is 302 g/mol. The Bertz CT molecular complexity index is 671. The van der Waals surface area contributed by atoms with Crippen molar-refractivity contribution < 1.29 is 9.32 Å². The maximum atomic E-state index is 12.4. The predicted molar refractivity (Wildman–Crippen MR) is 85.1 cm³/mol. The monoisotopic (exact) mass is 319 g/mol. The van der Waals surface area contributed by atoms with Crippen LogP contribution in [0.1, 0.15) is 24.2 Å². The molecule has 0 spiro atoms. The van der Waals surface area contributed by atoms with E-state index in [-0.39, 0.29) is 12.1 Å². The molecule has 0 bridgehead atoms. The predicted octanol–water partition coefficient (Wildman–Crippen LogP) is 3.88. The van der Waals surface area contributed by atoms with Gasteiger partial charge in [0.15, 0.2) is 5.82 Å². The summed E-state index contributed by atoms with van der Waals surface area (Å²) in [6.07, 6.45) is 2.75. The number of hydrogen-bond acceptors (Lipinski definition) is 3. The van der Waals surface area contributed by atoms with Gasteiger partial charge in [0.25, 0.3) is 0 Å². The minimum Gasteiger partial charge on any atom is -0.360 e. The van der Waals surface area contributed by atoms with Gasteiger partial charge in [-0.3, -0.25) is 5.32 Å². The van der Waals surface area contributed by atoms with Crippen molar-refractivity contribution in [1.82, 2.24) is 10.1 Å². The second kappa shape index (κ2) is 6.40. The van der Waals surface area contributed by atoms with Crippen LogP contribution in [0.25, 0.3) is 0 Å². The van der Waals surface area contributed by atoms with Crippen LogP contribution in [0.5, 0.6) is 0 Å². The Hall–Kier alpha value is -2.01. The van der Waals surface area contributed by atoms with E-state index in [1.54, 1.807) is 13.0 Å². The van der Waals surface area contributed by atoms with Gasteiger partial charge in [0.05, 0.1) is 0 Å². The number of likely N-dealkylation sites (tertiary alicyclic amines) is 1. The third-order valence-corrected chi connectivity index (χ3v) is 4.28. The Morgan fingerprint density at radius 3 is 3.05 bits per heavy atom. The molecule has 2 aromatic rings. The molecule has 22 heavy (non-hydrogen) atoms. The summed E-state index contributed by atoms with van der Waals surface area (Å²) in [6, 6.07) is 9.51. The van der Waals surface area contributed by atoms with Crippen LogP contribution in [0.4, 0.5) is 10.6 Å². The van der Waals surface area contributed by atoms with Gasteiger partial charge in [-0.1, -0.05) is 35.0 Å². The molecule has 3 rings (SSSR count). The van der Waals surface area contributed by atoms with Crippen LogP contribution >= 0.6 is 11.6 Å². The smallest absolute Gasteiger partial charge is 0.323 e. The first-order valence-corrected chi connectivity index (χ1v) is 7.75. The molecule has 5 nitrogen and oxygen atoms in total. The molecule has 6 heteroatoms. The van der Waals surface area contributed by atoms with Gasteiger partial charge in [-0.15, -0.1) is 0 Å². The second-order valence-electron chi connectivity index (χ2n) is 5.54. The summed E-state index contributed by atoms with van der Waals surface area (Å²) in [5.74, 6) is 1.12. The summed E-state index contributed by atoms with van der Waals surface area (Å²) in [4.78, 5) is 14.3. The molecule has 0 aliphatic carbocycles. The van der Waals surface area contributed by atoms with E-state index in [9.17, 15) is 4.79 Å². The highest BCUT2D eigenvalue weighted by Crippen LogP contribution is 2.25. The molecule has 1 fully saturated rings. The number of benzene rings is 1. The van der Waals surface area contributed by atoms with E-state index in [1.807, 2.05) is 29.2 Å². The van der Waals surface area contributed by atoms with Gasteiger partial charge in [-0.2, -0.15) is 0 Å². The van der Waals surface area contributed by atoms with E-state index in [0.29, 0.717) is 11.6 Å². The molecule has 1 saturated heterocycles. The summed E-state index contributed by atoms with van der Waals surface area (Å²) in [5, 5.41) is 7.33. The second-order valence-corrected chi connectivity index (χ2v) is 5.95. The first-order chi connectivity index (χ1) is 10.6. The molecule has 2 amide bonds. The van der Waals surface area contributed by atoms with Crippen molar-refractivity contribution in [2.75, 3.05) is 11.9 Å². The van der Waals surface area contributed by atoms with E-state index in [1.165, 1.54) is 0 Å². The summed E-state index contributed by atoms with van der Waals surface area (Å²) >= 11 is 6.22. The zero-order valence-corrected chi connectivity index (χ0v) is 13.1. The summed E-state index contributed by atoms with van der Waals surface area (Å²) in [6.45, 7) is 2.54. The molecule has 0 saturated carbocycles. The third-order valence-electron chi connectivity index (χ3n) is 3.91. The molecule has 0 radical (unpaired) electrons. The van der Waals surface area contributed by atoms with Crippen molar-refractivity contribution in [2.45, 2.75) is 32.2 Å². The minimum absolute atomic E-state index is 0.136. The van der Waals surface area contributed by atoms with Crippen LogP contribution in [-0.2, 0) is 6.42 Å². The average molecular weight is 320 g/mol. The molecule has 1 N–H and O–H groups in total. The van der Waals surface area contributed by atoms with E-state index < -0.39 is 0 Å². The average Bonchev–Trinajstić information content (AvgIpc) is 3.10. The fraction of sp³-hybridized carbons (Fsp3) is 0.375. The standard InChI is InChI=1S/C16H18ClN3O2/c1-11-9-15(19-22-11)18-16(21)20-8-4-6-13(20)10-12-5-2-3-7-14(12)17/h2-3,5,7,9,13H,4,6,8,10H2,1H3,(H,18,19,21)/t13-/m1/s1. The Morgan fingerprint density at radius 2 is 2.32 bits per heavy atom. The van der Waals surface area contributed by atoms with Crippen molar-refractivity contribution in [3.05, 3.63) is 46.7 Å². The first kappa shape index (κ1) is 14.9. The van der Waals surface area contributed by atoms with Gasteiger partial charge in [0, 0.05) is 23.7 Å². The molecule has 1 aromatic carbocycles. The number of aryl methyl sites for hydroxylation is 1. The highest BCUT2D eigenvalue weighted by Gasteiger charge is 2.29. The summed E-state index contributed by atoms with van der Waals surface area (Å²) in [5.41, 5.74) is 1.08. The lowest BCUT2D eigenvalue weighted by atomic mass is 10.0. The number of carbonyl (C=O) groups excluding carboxylic acids is 1. The largest absolute Gasteiger partial charge is 0.360 e. The van der Waals surface area contributed by atoms with Crippen LogP contribution in [-0.4, -0.2) is 28.7 Å². The van der Waals surface area contributed by atoms with Crippen molar-refractivity contribution >= 4 is 23.4 Å². The summed E-state index contributed by atoms with van der Waals surface area (Å²) < 4.78 is 4.97. The van der Waals surface area contributed by atoms with Crippen LogP contribution in [0.2, 0.25) is 5.02 Å². The summed E-state index contributed by atoms with van der Waals surface area (Å²) in [7, 11) is 0. The lowest BCUT2D eigenvalue weighted by Gasteiger charge is -2.24. The maximum Gasteiger partial charge on any atom is 0.323 e. The van der Waals surface area contributed by atoms with Crippen LogP contribution in [0, 0.1) is 6.92 Å². The molecule has 0 unspecified atom stereocenters. The van der Waals surface area contributed by atoms with Crippen LogP contribution in [0.3, 0.4) is 0 Å². The van der Waals surface area contributed by atoms with E-state index >= 15 is 0 Å². The number of urea groups is 1. The van der Waals surface area contributed by atoms with Gasteiger partial charge in [-0.05, 0) is 37.8 Å². The number of nitrogens with one attached hydrogen (secondary N) is 1. The fourth-order valence-electron chi connectivity index (χ4n) is 2.84. The van der Waals surface area contributed by atoms with Gasteiger partial charge in [0.2, 0.25) is 0 Å².